The molecule has 0 spiro atoms. The molecule has 0 heterocycles. The van der Waals surface area contributed by atoms with E-state index in [4.69, 9.17) is 0 Å². The van der Waals surface area contributed by atoms with Crippen molar-refractivity contribution in [3.05, 3.63) is 89.5 Å². The minimum atomic E-state index is 0.0994. The Morgan fingerprint density at radius 2 is 1.52 bits per heavy atom. The minimum Gasteiger partial charge on any atom is -0.508 e. The lowest BCUT2D eigenvalue weighted by atomic mass is 9.88. The van der Waals surface area contributed by atoms with E-state index >= 15 is 0 Å². The Labute approximate surface area is 158 Å². The van der Waals surface area contributed by atoms with Crippen molar-refractivity contribution in [2.45, 2.75) is 12.8 Å². The maximum absolute atomic E-state index is 9.81. The Kier molecular flexibility index (Phi) is 3.73. The zero-order valence-corrected chi connectivity index (χ0v) is 14.9. The predicted octanol–water partition coefficient (Wildman–Crippen LogP) is 5.32. The topological polar surface area (TPSA) is 40.5 Å². The van der Waals surface area contributed by atoms with Crippen LogP contribution in [-0.4, -0.2) is 16.8 Å². The van der Waals surface area contributed by atoms with Crippen LogP contribution in [0.2, 0.25) is 0 Å². The molecule has 4 aromatic carbocycles. The molecule has 2 N–H and O–H groups in total. The Balaban J connectivity index is 1.76. The molecule has 0 saturated carbocycles. The number of aliphatic hydroxyl groups is 1. The normalized spacial score (nSPS) is 12.2. The molecule has 0 aliphatic heterocycles. The van der Waals surface area contributed by atoms with E-state index in [9.17, 15) is 10.2 Å². The summed E-state index contributed by atoms with van der Waals surface area (Å²) in [4.78, 5) is 0. The number of benzene rings is 4. The van der Waals surface area contributed by atoms with E-state index in [1.807, 2.05) is 6.07 Å². The van der Waals surface area contributed by atoms with Crippen molar-refractivity contribution in [3.8, 4) is 28.0 Å². The summed E-state index contributed by atoms with van der Waals surface area (Å²) in [6.07, 6.45) is 1.53. The van der Waals surface area contributed by atoms with Crippen LogP contribution in [0, 0.1) is 0 Å². The molecule has 0 aromatic heterocycles. The first-order valence-corrected chi connectivity index (χ1v) is 9.32. The first-order chi connectivity index (χ1) is 13.3. The van der Waals surface area contributed by atoms with Gasteiger partial charge in [0.1, 0.15) is 5.75 Å². The molecular weight excluding hydrogens is 332 g/mol. The molecule has 0 radical (unpaired) electrons. The fourth-order valence-corrected chi connectivity index (χ4v) is 4.42. The zero-order valence-electron chi connectivity index (χ0n) is 14.9. The standard InChI is InChI=1S/C25H20O2/c26-13-12-24-20-11-9-18(27)14-17(20)8-10-23(24)22-7-3-6-21-19-5-2-1-4-16(19)15-25(21)22/h1-11,14,26-27H,12-13,15H2. The molecule has 0 unspecified atom stereocenters. The van der Waals surface area contributed by atoms with Crippen molar-refractivity contribution < 1.29 is 10.2 Å². The Morgan fingerprint density at radius 3 is 2.37 bits per heavy atom. The maximum Gasteiger partial charge on any atom is 0.116 e. The van der Waals surface area contributed by atoms with Crippen LogP contribution in [0.15, 0.2) is 72.8 Å². The van der Waals surface area contributed by atoms with E-state index < -0.39 is 0 Å². The first-order valence-electron chi connectivity index (χ1n) is 9.32. The molecule has 0 bridgehead atoms. The van der Waals surface area contributed by atoms with Crippen molar-refractivity contribution in [1.29, 1.82) is 0 Å². The molecule has 1 aliphatic carbocycles. The summed E-state index contributed by atoms with van der Waals surface area (Å²) in [6.45, 7) is 0.0994. The molecular formula is C25H20O2. The number of hydrogen-bond acceptors (Lipinski definition) is 2. The summed E-state index contributed by atoms with van der Waals surface area (Å²) in [7, 11) is 0. The van der Waals surface area contributed by atoms with Gasteiger partial charge in [-0.2, -0.15) is 0 Å². The SMILES string of the molecule is OCCc1c(-c2cccc3c2Cc2ccccc2-3)ccc2cc(O)ccc12. The molecule has 4 aromatic rings. The maximum atomic E-state index is 9.81. The highest BCUT2D eigenvalue weighted by atomic mass is 16.3. The minimum absolute atomic E-state index is 0.0994. The molecule has 132 valence electrons. The number of rotatable bonds is 3. The van der Waals surface area contributed by atoms with E-state index in [0.29, 0.717) is 6.42 Å². The van der Waals surface area contributed by atoms with Gasteiger partial charge in [-0.25, -0.2) is 0 Å². The number of phenols is 1. The molecule has 0 atom stereocenters. The number of phenolic OH excluding ortho intramolecular Hbond substituents is 1. The summed E-state index contributed by atoms with van der Waals surface area (Å²) < 4.78 is 0. The average Bonchev–Trinajstić information content (AvgIpc) is 3.07. The molecule has 5 rings (SSSR count). The van der Waals surface area contributed by atoms with Gasteiger partial charge in [0.05, 0.1) is 0 Å². The van der Waals surface area contributed by atoms with E-state index in [0.717, 1.165) is 22.8 Å². The second-order valence-corrected chi connectivity index (χ2v) is 7.14. The van der Waals surface area contributed by atoms with Crippen LogP contribution in [0.3, 0.4) is 0 Å². The number of fused-ring (bicyclic) bond motifs is 4. The van der Waals surface area contributed by atoms with Gasteiger partial charge in [-0.05, 0) is 74.7 Å². The van der Waals surface area contributed by atoms with Gasteiger partial charge in [-0.1, -0.05) is 60.7 Å². The summed E-state index contributed by atoms with van der Waals surface area (Å²) in [5, 5.41) is 21.6. The molecule has 2 heteroatoms. The third kappa shape index (κ3) is 2.53. The van der Waals surface area contributed by atoms with Crippen LogP contribution in [-0.2, 0) is 12.8 Å². The van der Waals surface area contributed by atoms with Crippen LogP contribution >= 0.6 is 0 Å². The lowest BCUT2D eigenvalue weighted by Gasteiger charge is -2.16. The van der Waals surface area contributed by atoms with E-state index in [1.54, 1.807) is 12.1 Å². The van der Waals surface area contributed by atoms with Gasteiger partial charge in [-0.15, -0.1) is 0 Å². The number of hydrogen-bond donors (Lipinski definition) is 2. The van der Waals surface area contributed by atoms with Gasteiger partial charge in [0.2, 0.25) is 0 Å². The molecule has 0 saturated heterocycles. The molecule has 0 fully saturated rings. The summed E-state index contributed by atoms with van der Waals surface area (Å²) in [5.74, 6) is 0.265. The number of aliphatic hydroxyl groups excluding tert-OH is 1. The Bertz CT molecular complexity index is 1170. The summed E-state index contributed by atoms with van der Waals surface area (Å²) in [5.41, 5.74) is 8.91. The van der Waals surface area contributed by atoms with Crippen LogP contribution in [0.1, 0.15) is 16.7 Å². The van der Waals surface area contributed by atoms with Gasteiger partial charge in [-0.3, -0.25) is 0 Å². The van der Waals surface area contributed by atoms with Gasteiger partial charge in [0.15, 0.2) is 0 Å². The van der Waals surface area contributed by atoms with Gasteiger partial charge in [0.25, 0.3) is 0 Å². The van der Waals surface area contributed by atoms with Crippen LogP contribution in [0.25, 0.3) is 33.0 Å². The van der Waals surface area contributed by atoms with E-state index in [1.165, 1.54) is 33.4 Å². The van der Waals surface area contributed by atoms with Crippen molar-refractivity contribution in [3.63, 3.8) is 0 Å². The highest BCUT2D eigenvalue weighted by Gasteiger charge is 2.22. The third-order valence-electron chi connectivity index (χ3n) is 5.62. The quantitative estimate of drug-likeness (QED) is 0.461. The molecule has 0 amide bonds. The molecule has 2 nitrogen and oxygen atoms in total. The highest BCUT2D eigenvalue weighted by molar-refractivity contribution is 5.95. The lowest BCUT2D eigenvalue weighted by molar-refractivity contribution is 0.300. The van der Waals surface area contributed by atoms with Crippen molar-refractivity contribution in [2.24, 2.45) is 0 Å². The average molecular weight is 352 g/mol. The van der Waals surface area contributed by atoms with Gasteiger partial charge < -0.3 is 10.2 Å². The summed E-state index contributed by atoms with van der Waals surface area (Å²) >= 11 is 0. The van der Waals surface area contributed by atoms with Crippen molar-refractivity contribution in [2.75, 3.05) is 6.61 Å². The van der Waals surface area contributed by atoms with Crippen LogP contribution in [0.5, 0.6) is 5.75 Å². The lowest BCUT2D eigenvalue weighted by Crippen LogP contribution is -1.98. The first kappa shape index (κ1) is 16.1. The van der Waals surface area contributed by atoms with Crippen molar-refractivity contribution >= 4 is 10.8 Å². The second-order valence-electron chi connectivity index (χ2n) is 7.14. The highest BCUT2D eigenvalue weighted by Crippen LogP contribution is 2.43. The fraction of sp³-hybridized carbons (Fsp3) is 0.120. The van der Waals surface area contributed by atoms with Gasteiger partial charge >= 0.3 is 0 Å². The zero-order chi connectivity index (χ0) is 18.4. The Hall–Kier alpha value is -3.10. The second kappa shape index (κ2) is 6.26. The third-order valence-corrected chi connectivity index (χ3v) is 5.62. The smallest absolute Gasteiger partial charge is 0.116 e. The molecule has 1 aliphatic rings. The van der Waals surface area contributed by atoms with Crippen molar-refractivity contribution in [1.82, 2.24) is 0 Å². The van der Waals surface area contributed by atoms with Crippen LogP contribution in [0.4, 0.5) is 0 Å². The summed E-state index contributed by atoms with van der Waals surface area (Å²) in [6, 6.07) is 24.8. The molecule has 27 heavy (non-hydrogen) atoms. The van der Waals surface area contributed by atoms with Gasteiger partial charge in [0, 0.05) is 6.61 Å². The number of aromatic hydroxyl groups is 1. The monoisotopic (exact) mass is 352 g/mol. The van der Waals surface area contributed by atoms with E-state index in [2.05, 4.69) is 54.6 Å². The predicted molar refractivity (Wildman–Crippen MR) is 110 cm³/mol. The Morgan fingerprint density at radius 1 is 0.741 bits per heavy atom. The fourth-order valence-electron chi connectivity index (χ4n) is 4.42. The van der Waals surface area contributed by atoms with Crippen LogP contribution < -0.4 is 0 Å². The largest absolute Gasteiger partial charge is 0.508 e. The van der Waals surface area contributed by atoms with E-state index in [-0.39, 0.29) is 12.4 Å².